The highest BCUT2D eigenvalue weighted by molar-refractivity contribution is 5.23. The van der Waals surface area contributed by atoms with Crippen LogP contribution in [0.2, 0.25) is 0 Å². The second kappa shape index (κ2) is 9.95. The van der Waals surface area contributed by atoms with E-state index in [2.05, 4.69) is 57.3 Å². The van der Waals surface area contributed by atoms with Gasteiger partial charge in [-0.3, -0.25) is 0 Å². The maximum atomic E-state index is 5.90. The molecule has 2 nitrogen and oxygen atoms in total. The lowest BCUT2D eigenvalue weighted by Crippen LogP contribution is -2.43. The van der Waals surface area contributed by atoms with Crippen molar-refractivity contribution in [3.05, 3.63) is 35.4 Å². The number of ether oxygens (including phenoxy) is 1. The van der Waals surface area contributed by atoms with Crippen LogP contribution < -0.4 is 5.32 Å². The number of nitrogens with one attached hydrogen (secondary N) is 1. The Morgan fingerprint density at radius 1 is 1.00 bits per heavy atom. The van der Waals surface area contributed by atoms with Gasteiger partial charge in [0, 0.05) is 12.6 Å². The lowest BCUT2D eigenvalue weighted by atomic mass is 9.98. The smallest absolute Gasteiger partial charge is 0.0728 e. The van der Waals surface area contributed by atoms with E-state index in [-0.39, 0.29) is 0 Å². The molecule has 0 bridgehead atoms. The van der Waals surface area contributed by atoms with Crippen LogP contribution in [0.4, 0.5) is 0 Å². The molecule has 0 amide bonds. The normalized spacial score (nSPS) is 14.2. The maximum absolute atomic E-state index is 5.90. The van der Waals surface area contributed by atoms with Crippen molar-refractivity contribution in [2.45, 2.75) is 65.5 Å². The lowest BCUT2D eigenvalue weighted by Gasteiger charge is -2.27. The average molecular weight is 277 g/mol. The van der Waals surface area contributed by atoms with E-state index in [0.717, 1.165) is 38.8 Å². The van der Waals surface area contributed by atoms with E-state index in [1.807, 2.05) is 0 Å². The minimum Gasteiger partial charge on any atom is -0.377 e. The minimum atomic E-state index is 0.303. The third-order valence-electron chi connectivity index (χ3n) is 3.78. The molecule has 0 aliphatic carbocycles. The van der Waals surface area contributed by atoms with Crippen molar-refractivity contribution in [3.63, 3.8) is 0 Å². The summed E-state index contributed by atoms with van der Waals surface area (Å²) in [4.78, 5) is 0. The summed E-state index contributed by atoms with van der Waals surface area (Å²) in [5, 5.41) is 3.66. The molecule has 1 aromatic carbocycles. The van der Waals surface area contributed by atoms with E-state index in [1.165, 1.54) is 11.1 Å². The monoisotopic (exact) mass is 277 g/mol. The fraction of sp³-hybridized carbons (Fsp3) is 0.667. The zero-order chi connectivity index (χ0) is 14.8. The van der Waals surface area contributed by atoms with Crippen LogP contribution in [0.25, 0.3) is 0 Å². The summed E-state index contributed by atoms with van der Waals surface area (Å²) in [5.41, 5.74) is 2.80. The van der Waals surface area contributed by atoms with Crippen LogP contribution in [0.15, 0.2) is 24.3 Å². The summed E-state index contributed by atoms with van der Waals surface area (Å²) in [6, 6.07) is 9.42. The van der Waals surface area contributed by atoms with Gasteiger partial charge in [-0.25, -0.2) is 0 Å². The molecule has 114 valence electrons. The number of hydrogen-bond acceptors (Lipinski definition) is 2. The second-order valence-electron chi connectivity index (χ2n) is 5.34. The summed E-state index contributed by atoms with van der Waals surface area (Å²) in [6.45, 7) is 10.5. The molecule has 0 aliphatic rings. The largest absolute Gasteiger partial charge is 0.377 e. The van der Waals surface area contributed by atoms with Crippen LogP contribution in [0.3, 0.4) is 0 Å². The molecule has 0 radical (unpaired) electrons. The van der Waals surface area contributed by atoms with Crippen molar-refractivity contribution in [3.8, 4) is 0 Å². The number of hydrogen-bond donors (Lipinski definition) is 1. The quantitative estimate of drug-likeness (QED) is 0.698. The van der Waals surface area contributed by atoms with Crippen molar-refractivity contribution < 1.29 is 4.74 Å². The first-order valence-electron chi connectivity index (χ1n) is 8.17. The predicted octanol–water partition coefficient (Wildman–Crippen LogP) is 3.97. The topological polar surface area (TPSA) is 21.3 Å². The molecule has 2 unspecified atom stereocenters. The van der Waals surface area contributed by atoms with Gasteiger partial charge in [0.1, 0.15) is 0 Å². The number of rotatable bonds is 10. The summed E-state index contributed by atoms with van der Waals surface area (Å²) < 4.78 is 5.90. The van der Waals surface area contributed by atoms with Crippen LogP contribution in [-0.4, -0.2) is 25.3 Å². The van der Waals surface area contributed by atoms with E-state index in [9.17, 15) is 0 Å². The van der Waals surface area contributed by atoms with Gasteiger partial charge in [0.2, 0.25) is 0 Å². The Morgan fingerprint density at radius 3 is 2.15 bits per heavy atom. The van der Waals surface area contributed by atoms with Gasteiger partial charge in [0.05, 0.1) is 6.10 Å². The van der Waals surface area contributed by atoms with E-state index in [4.69, 9.17) is 4.74 Å². The molecule has 0 saturated heterocycles. The molecule has 0 heterocycles. The van der Waals surface area contributed by atoms with Crippen LogP contribution >= 0.6 is 0 Å². The molecule has 2 heteroatoms. The van der Waals surface area contributed by atoms with Crippen molar-refractivity contribution in [2.24, 2.45) is 0 Å². The molecular formula is C18H31NO. The molecule has 20 heavy (non-hydrogen) atoms. The molecule has 1 N–H and O–H groups in total. The van der Waals surface area contributed by atoms with Gasteiger partial charge < -0.3 is 10.1 Å². The molecule has 0 aromatic heterocycles. The van der Waals surface area contributed by atoms with E-state index in [1.54, 1.807) is 0 Å². The zero-order valence-corrected chi connectivity index (χ0v) is 13.6. The van der Waals surface area contributed by atoms with Gasteiger partial charge in [0.15, 0.2) is 0 Å². The highest BCUT2D eigenvalue weighted by Crippen LogP contribution is 2.13. The van der Waals surface area contributed by atoms with Gasteiger partial charge in [-0.2, -0.15) is 0 Å². The third kappa shape index (κ3) is 5.64. The van der Waals surface area contributed by atoms with Crippen LogP contribution in [0.5, 0.6) is 0 Å². The highest BCUT2D eigenvalue weighted by atomic mass is 16.5. The summed E-state index contributed by atoms with van der Waals surface area (Å²) in [5.74, 6) is 0. The summed E-state index contributed by atoms with van der Waals surface area (Å²) in [7, 11) is 0. The summed E-state index contributed by atoms with van der Waals surface area (Å²) in [6.07, 6.45) is 4.67. The second-order valence-corrected chi connectivity index (χ2v) is 5.34. The average Bonchev–Trinajstić information content (AvgIpc) is 2.50. The Kier molecular flexibility index (Phi) is 8.56. The first kappa shape index (κ1) is 17.2. The third-order valence-corrected chi connectivity index (χ3v) is 3.78. The molecule has 1 rings (SSSR count). The highest BCUT2D eigenvalue weighted by Gasteiger charge is 2.19. The fourth-order valence-corrected chi connectivity index (χ4v) is 2.56. The lowest BCUT2D eigenvalue weighted by molar-refractivity contribution is 0.0320. The standard InChI is InChI=1S/C18H31NO/c1-5-13-19-17(18(7-3)20-8-4)14-16-11-9-15(6-2)10-12-16/h9-12,17-19H,5-8,13-14H2,1-4H3. The molecule has 1 aromatic rings. The molecule has 0 spiro atoms. The van der Waals surface area contributed by atoms with Gasteiger partial charge in [-0.05, 0) is 50.3 Å². The van der Waals surface area contributed by atoms with Crippen molar-refractivity contribution in [1.29, 1.82) is 0 Å². The van der Waals surface area contributed by atoms with Crippen molar-refractivity contribution in [2.75, 3.05) is 13.2 Å². The minimum absolute atomic E-state index is 0.303. The van der Waals surface area contributed by atoms with E-state index >= 15 is 0 Å². The van der Waals surface area contributed by atoms with Crippen LogP contribution in [-0.2, 0) is 17.6 Å². The molecular weight excluding hydrogens is 246 g/mol. The predicted molar refractivity (Wildman–Crippen MR) is 87.3 cm³/mol. The van der Waals surface area contributed by atoms with E-state index < -0.39 is 0 Å². The van der Waals surface area contributed by atoms with Gasteiger partial charge in [-0.15, -0.1) is 0 Å². The Balaban J connectivity index is 2.70. The van der Waals surface area contributed by atoms with E-state index in [0.29, 0.717) is 12.1 Å². The fourth-order valence-electron chi connectivity index (χ4n) is 2.56. The van der Waals surface area contributed by atoms with Crippen LogP contribution in [0.1, 0.15) is 51.7 Å². The van der Waals surface area contributed by atoms with Crippen molar-refractivity contribution in [1.82, 2.24) is 5.32 Å². The molecule has 0 saturated carbocycles. The Bertz CT molecular complexity index is 347. The number of benzene rings is 1. The van der Waals surface area contributed by atoms with Crippen molar-refractivity contribution >= 4 is 0 Å². The van der Waals surface area contributed by atoms with Gasteiger partial charge in [0.25, 0.3) is 0 Å². The number of aryl methyl sites for hydroxylation is 1. The zero-order valence-electron chi connectivity index (χ0n) is 13.6. The van der Waals surface area contributed by atoms with Gasteiger partial charge >= 0.3 is 0 Å². The first-order chi connectivity index (χ1) is 9.74. The Labute approximate surface area is 124 Å². The first-order valence-corrected chi connectivity index (χ1v) is 8.17. The SMILES string of the molecule is CCCNC(Cc1ccc(CC)cc1)C(CC)OCC. The molecule has 2 atom stereocenters. The maximum Gasteiger partial charge on any atom is 0.0728 e. The Hall–Kier alpha value is -0.860. The molecule has 0 aliphatic heterocycles. The van der Waals surface area contributed by atoms with Crippen LogP contribution in [0, 0.1) is 0 Å². The van der Waals surface area contributed by atoms with Gasteiger partial charge in [-0.1, -0.05) is 45.0 Å². The molecule has 0 fully saturated rings. The Morgan fingerprint density at radius 2 is 1.65 bits per heavy atom. The summed E-state index contributed by atoms with van der Waals surface area (Å²) >= 11 is 0.